The van der Waals surface area contributed by atoms with Crippen molar-refractivity contribution in [1.82, 2.24) is 9.97 Å². The lowest BCUT2D eigenvalue weighted by atomic mass is 9.92. The van der Waals surface area contributed by atoms with Crippen LogP contribution in [-0.2, 0) is 12.8 Å². The third kappa shape index (κ3) is 4.81. The van der Waals surface area contributed by atoms with Crippen LogP contribution in [0.2, 0.25) is 0 Å². The van der Waals surface area contributed by atoms with Crippen molar-refractivity contribution in [3.8, 4) is 5.88 Å². The molecular weight excluding hydrogens is 424 g/mol. The molecule has 0 radical (unpaired) electrons. The van der Waals surface area contributed by atoms with Crippen LogP contribution in [0, 0.1) is 0 Å². The Morgan fingerprint density at radius 1 is 0.939 bits per heavy atom. The fourth-order valence-corrected chi connectivity index (χ4v) is 5.88. The standard InChI is InChI=1S/C29H32N2OS/c1-18(2)28-10-9-26(33-28)12-20(4)24-14-22-15-25(32-29(22)31-17-24)11-19(3)23-13-21-7-5-6-8-27(21)30-16-23/h5-10,13-14,16-20,25H,11-12,15H2,1-4H3/t19-,20-,25?/m0/s1. The van der Waals surface area contributed by atoms with Crippen molar-refractivity contribution in [2.45, 2.75) is 70.8 Å². The molecule has 5 rings (SSSR count). The molecule has 0 bridgehead atoms. The van der Waals surface area contributed by atoms with E-state index in [9.17, 15) is 0 Å². The normalized spacial score (nSPS) is 17.2. The van der Waals surface area contributed by atoms with Gasteiger partial charge in [-0.1, -0.05) is 45.9 Å². The molecule has 0 saturated carbocycles. The Labute approximate surface area is 200 Å². The highest BCUT2D eigenvalue weighted by Crippen LogP contribution is 2.35. The molecule has 1 aromatic carbocycles. The van der Waals surface area contributed by atoms with Gasteiger partial charge >= 0.3 is 0 Å². The van der Waals surface area contributed by atoms with E-state index < -0.39 is 0 Å². The van der Waals surface area contributed by atoms with Crippen molar-refractivity contribution in [1.29, 1.82) is 0 Å². The lowest BCUT2D eigenvalue weighted by molar-refractivity contribution is 0.205. The van der Waals surface area contributed by atoms with Crippen molar-refractivity contribution in [2.75, 3.05) is 0 Å². The van der Waals surface area contributed by atoms with Gasteiger partial charge in [0.2, 0.25) is 5.88 Å². The molecule has 3 aromatic heterocycles. The number of benzene rings is 1. The van der Waals surface area contributed by atoms with Crippen LogP contribution in [0.4, 0.5) is 0 Å². The summed E-state index contributed by atoms with van der Waals surface area (Å²) in [6.45, 7) is 9.10. The molecule has 3 atom stereocenters. The minimum atomic E-state index is 0.172. The van der Waals surface area contributed by atoms with Gasteiger partial charge < -0.3 is 4.74 Å². The molecule has 3 nitrogen and oxygen atoms in total. The quantitative estimate of drug-likeness (QED) is 0.286. The summed E-state index contributed by atoms with van der Waals surface area (Å²) in [4.78, 5) is 12.3. The predicted octanol–water partition coefficient (Wildman–Crippen LogP) is 7.66. The molecule has 1 unspecified atom stereocenters. The highest BCUT2D eigenvalue weighted by molar-refractivity contribution is 7.12. The van der Waals surface area contributed by atoms with Crippen LogP contribution in [0.5, 0.6) is 5.88 Å². The zero-order valence-electron chi connectivity index (χ0n) is 19.9. The molecule has 1 aliphatic heterocycles. The van der Waals surface area contributed by atoms with Crippen molar-refractivity contribution < 1.29 is 4.74 Å². The Bertz CT molecular complexity index is 1260. The van der Waals surface area contributed by atoms with Gasteiger partial charge in [0, 0.05) is 39.5 Å². The first-order valence-electron chi connectivity index (χ1n) is 12.0. The van der Waals surface area contributed by atoms with Crippen LogP contribution in [0.3, 0.4) is 0 Å². The Morgan fingerprint density at radius 2 is 1.73 bits per heavy atom. The summed E-state index contributed by atoms with van der Waals surface area (Å²) >= 11 is 1.94. The zero-order chi connectivity index (χ0) is 22.9. The van der Waals surface area contributed by atoms with E-state index in [4.69, 9.17) is 9.72 Å². The summed E-state index contributed by atoms with van der Waals surface area (Å²) in [6.07, 6.45) is 7.17. The molecule has 0 fully saturated rings. The first kappa shape index (κ1) is 22.1. The Kier molecular flexibility index (Phi) is 6.20. The molecule has 170 valence electrons. The van der Waals surface area contributed by atoms with Crippen LogP contribution in [0.1, 0.15) is 78.3 Å². The second-order valence-corrected chi connectivity index (χ2v) is 11.0. The highest BCUT2D eigenvalue weighted by Gasteiger charge is 2.27. The van der Waals surface area contributed by atoms with Gasteiger partial charge in [-0.2, -0.15) is 0 Å². The number of hydrogen-bond acceptors (Lipinski definition) is 4. The minimum absolute atomic E-state index is 0.172. The van der Waals surface area contributed by atoms with E-state index >= 15 is 0 Å². The summed E-state index contributed by atoms with van der Waals surface area (Å²) < 4.78 is 6.24. The van der Waals surface area contributed by atoms with E-state index in [1.807, 2.05) is 29.8 Å². The number of thiophene rings is 1. The summed E-state index contributed by atoms with van der Waals surface area (Å²) in [5.41, 5.74) is 4.88. The smallest absolute Gasteiger partial charge is 0.216 e. The molecule has 0 aliphatic carbocycles. The van der Waals surface area contributed by atoms with Crippen molar-refractivity contribution in [2.24, 2.45) is 0 Å². The van der Waals surface area contributed by atoms with Crippen molar-refractivity contribution >= 4 is 22.2 Å². The molecule has 0 N–H and O–H groups in total. The number of nitrogens with zero attached hydrogens (tertiary/aromatic N) is 2. The number of hydrogen-bond donors (Lipinski definition) is 0. The average molecular weight is 457 g/mol. The maximum Gasteiger partial charge on any atom is 0.216 e. The van der Waals surface area contributed by atoms with E-state index in [1.54, 1.807) is 0 Å². The fraction of sp³-hybridized carbons (Fsp3) is 0.379. The van der Waals surface area contributed by atoms with Crippen LogP contribution < -0.4 is 4.74 Å². The van der Waals surface area contributed by atoms with E-state index in [-0.39, 0.29) is 6.10 Å². The molecule has 0 spiro atoms. The van der Waals surface area contributed by atoms with E-state index in [2.05, 4.69) is 75.1 Å². The molecule has 4 aromatic rings. The first-order valence-corrected chi connectivity index (χ1v) is 12.9. The number of ether oxygens (including phenoxy) is 1. The summed E-state index contributed by atoms with van der Waals surface area (Å²) in [6, 6.07) is 17.5. The second kappa shape index (κ2) is 9.26. The van der Waals surface area contributed by atoms with Gasteiger partial charge in [0.15, 0.2) is 0 Å². The predicted molar refractivity (Wildman–Crippen MR) is 138 cm³/mol. The second-order valence-electron chi connectivity index (χ2n) is 9.84. The van der Waals surface area contributed by atoms with Gasteiger partial charge in [-0.25, -0.2) is 4.98 Å². The molecule has 4 heteroatoms. The van der Waals surface area contributed by atoms with Gasteiger partial charge in [0.1, 0.15) is 6.10 Å². The van der Waals surface area contributed by atoms with Crippen LogP contribution in [0.15, 0.2) is 60.9 Å². The number of pyridine rings is 2. The Hall–Kier alpha value is -2.72. The lowest BCUT2D eigenvalue weighted by Gasteiger charge is -2.17. The molecule has 1 aliphatic rings. The monoisotopic (exact) mass is 456 g/mol. The van der Waals surface area contributed by atoms with E-state index in [0.29, 0.717) is 17.8 Å². The third-order valence-electron chi connectivity index (χ3n) is 6.80. The Morgan fingerprint density at radius 3 is 2.55 bits per heavy atom. The third-order valence-corrected chi connectivity index (χ3v) is 8.21. The zero-order valence-corrected chi connectivity index (χ0v) is 20.7. The SMILES string of the molecule is CC(C)c1ccc(C[C@H](C)c2cnc3c(c2)CC(C[C@H](C)c2cnc4ccccc4c2)O3)s1. The number of para-hydroxylation sites is 1. The number of rotatable bonds is 7. The first-order chi connectivity index (χ1) is 16.0. The maximum atomic E-state index is 6.24. The number of aromatic nitrogens is 2. The molecule has 33 heavy (non-hydrogen) atoms. The van der Waals surface area contributed by atoms with Gasteiger partial charge in [0.25, 0.3) is 0 Å². The number of fused-ring (bicyclic) bond motifs is 2. The van der Waals surface area contributed by atoms with E-state index in [0.717, 1.165) is 30.7 Å². The van der Waals surface area contributed by atoms with Gasteiger partial charge in [-0.15, -0.1) is 11.3 Å². The van der Waals surface area contributed by atoms with Gasteiger partial charge in [-0.3, -0.25) is 4.98 Å². The summed E-state index contributed by atoms with van der Waals surface area (Å²) in [5, 5.41) is 1.20. The maximum absolute atomic E-state index is 6.24. The minimum Gasteiger partial charge on any atom is -0.474 e. The van der Waals surface area contributed by atoms with Crippen LogP contribution in [0.25, 0.3) is 10.9 Å². The average Bonchev–Trinajstić information content (AvgIpc) is 3.44. The highest BCUT2D eigenvalue weighted by atomic mass is 32.1. The van der Waals surface area contributed by atoms with Crippen molar-refractivity contribution in [3.05, 3.63) is 87.4 Å². The van der Waals surface area contributed by atoms with Crippen LogP contribution in [-0.4, -0.2) is 16.1 Å². The van der Waals surface area contributed by atoms with Gasteiger partial charge in [0.05, 0.1) is 5.52 Å². The fourth-order valence-electron chi connectivity index (χ4n) is 4.74. The van der Waals surface area contributed by atoms with E-state index in [1.165, 1.54) is 31.8 Å². The largest absolute Gasteiger partial charge is 0.474 e. The van der Waals surface area contributed by atoms with Crippen LogP contribution >= 0.6 is 11.3 Å². The van der Waals surface area contributed by atoms with Gasteiger partial charge in [-0.05, 0) is 72.1 Å². The summed E-state index contributed by atoms with van der Waals surface area (Å²) in [7, 11) is 0. The lowest BCUT2D eigenvalue weighted by Crippen LogP contribution is -2.16. The Balaban J connectivity index is 1.23. The molecule has 0 saturated heterocycles. The molecule has 4 heterocycles. The van der Waals surface area contributed by atoms with Crippen molar-refractivity contribution in [3.63, 3.8) is 0 Å². The molecular formula is C29H32N2OS. The molecule has 0 amide bonds. The summed E-state index contributed by atoms with van der Waals surface area (Å²) in [5.74, 6) is 2.25. The topological polar surface area (TPSA) is 35.0 Å².